The highest BCUT2D eigenvalue weighted by molar-refractivity contribution is 5.33. The molecule has 0 fully saturated rings. The van der Waals surface area contributed by atoms with E-state index in [1.807, 2.05) is 18.2 Å². The third kappa shape index (κ3) is 4.72. The number of nitrogens with one attached hydrogen (secondary N) is 1. The minimum atomic E-state index is 0.773. The van der Waals surface area contributed by atoms with Crippen LogP contribution >= 0.6 is 0 Å². The van der Waals surface area contributed by atoms with E-state index in [0.717, 1.165) is 31.3 Å². The fourth-order valence-electron chi connectivity index (χ4n) is 2.01. The van der Waals surface area contributed by atoms with Gasteiger partial charge in [0.25, 0.3) is 0 Å². The van der Waals surface area contributed by atoms with Crippen molar-refractivity contribution in [2.75, 3.05) is 39.2 Å². The molecule has 21 heavy (non-hydrogen) atoms. The van der Waals surface area contributed by atoms with Crippen LogP contribution in [0.5, 0.6) is 5.75 Å². The third-order valence-corrected chi connectivity index (χ3v) is 3.25. The smallest absolute Gasteiger partial charge is 0.225 e. The second-order valence-corrected chi connectivity index (χ2v) is 5.28. The summed E-state index contributed by atoms with van der Waals surface area (Å²) >= 11 is 0. The van der Waals surface area contributed by atoms with Crippen LogP contribution in [0.25, 0.3) is 0 Å². The zero-order valence-corrected chi connectivity index (χ0v) is 12.9. The fourth-order valence-corrected chi connectivity index (χ4v) is 2.01. The molecule has 0 saturated carbocycles. The average molecular weight is 287 g/mol. The molecule has 0 radical (unpaired) electrons. The lowest BCUT2D eigenvalue weighted by molar-refractivity contribution is -0.856. The van der Waals surface area contributed by atoms with Gasteiger partial charge in [0.2, 0.25) is 5.95 Å². The summed E-state index contributed by atoms with van der Waals surface area (Å²) < 4.78 is 5.20. The van der Waals surface area contributed by atoms with Gasteiger partial charge in [0.1, 0.15) is 5.75 Å². The Bertz CT molecular complexity index is 528. The molecule has 5 heteroatoms. The first-order valence-electron chi connectivity index (χ1n) is 7.13. The molecular weight excluding hydrogens is 264 g/mol. The summed E-state index contributed by atoms with van der Waals surface area (Å²) in [6.07, 6.45) is 3.57. The average Bonchev–Trinajstić information content (AvgIpc) is 2.52. The summed E-state index contributed by atoms with van der Waals surface area (Å²) in [6.45, 7) is 2.74. The van der Waals surface area contributed by atoms with Crippen LogP contribution in [-0.4, -0.2) is 44.3 Å². The number of benzene rings is 1. The van der Waals surface area contributed by atoms with Gasteiger partial charge in [-0.25, -0.2) is 9.97 Å². The molecule has 0 amide bonds. The van der Waals surface area contributed by atoms with E-state index < -0.39 is 0 Å². The van der Waals surface area contributed by atoms with Gasteiger partial charge in [-0.05, 0) is 23.8 Å². The van der Waals surface area contributed by atoms with Crippen molar-refractivity contribution in [3.8, 4) is 5.75 Å². The van der Waals surface area contributed by atoms with Crippen LogP contribution in [0.4, 0.5) is 5.95 Å². The molecule has 0 aliphatic heterocycles. The number of aromatic nitrogens is 2. The number of hydrogen-bond donors (Lipinski definition) is 1. The van der Waals surface area contributed by atoms with Crippen molar-refractivity contribution in [2.24, 2.45) is 0 Å². The lowest BCUT2D eigenvalue weighted by atomic mass is 10.2. The molecule has 2 aromatic rings. The van der Waals surface area contributed by atoms with Crippen molar-refractivity contribution in [1.29, 1.82) is 0 Å². The molecule has 0 bridgehead atoms. The van der Waals surface area contributed by atoms with E-state index >= 15 is 0 Å². The van der Waals surface area contributed by atoms with Gasteiger partial charge >= 0.3 is 0 Å². The van der Waals surface area contributed by atoms with Crippen molar-refractivity contribution in [3.63, 3.8) is 0 Å². The summed E-state index contributed by atoms with van der Waals surface area (Å²) in [5, 5.41) is 0. The minimum absolute atomic E-state index is 0.773. The Morgan fingerprint density at radius 1 is 1.10 bits per heavy atom. The maximum absolute atomic E-state index is 5.20. The fraction of sp³-hybridized carbons (Fsp3) is 0.375. The second kappa shape index (κ2) is 7.59. The Hall–Kier alpha value is -2.14. The Kier molecular flexibility index (Phi) is 5.51. The molecule has 1 aromatic heterocycles. The topological polar surface area (TPSA) is 42.7 Å². The molecule has 112 valence electrons. The Morgan fingerprint density at radius 2 is 1.76 bits per heavy atom. The van der Waals surface area contributed by atoms with E-state index in [-0.39, 0.29) is 0 Å². The highest BCUT2D eigenvalue weighted by Crippen LogP contribution is 2.15. The molecule has 0 spiro atoms. The Morgan fingerprint density at radius 3 is 2.33 bits per heavy atom. The molecule has 1 aromatic carbocycles. The lowest BCUT2D eigenvalue weighted by Crippen LogP contribution is -3.06. The molecule has 0 aliphatic rings. The maximum Gasteiger partial charge on any atom is 0.225 e. The van der Waals surface area contributed by atoms with E-state index in [4.69, 9.17) is 4.74 Å². The van der Waals surface area contributed by atoms with Crippen LogP contribution in [0.1, 0.15) is 5.56 Å². The van der Waals surface area contributed by atoms with Crippen LogP contribution in [-0.2, 0) is 6.54 Å². The van der Waals surface area contributed by atoms with Crippen LogP contribution in [0.3, 0.4) is 0 Å². The first-order chi connectivity index (χ1) is 10.2. The van der Waals surface area contributed by atoms with Crippen molar-refractivity contribution in [2.45, 2.75) is 6.54 Å². The van der Waals surface area contributed by atoms with E-state index in [1.165, 1.54) is 10.5 Å². The van der Waals surface area contributed by atoms with Crippen LogP contribution in [0.15, 0.2) is 42.7 Å². The summed E-state index contributed by atoms with van der Waals surface area (Å²) in [7, 11) is 5.98. The van der Waals surface area contributed by atoms with Crippen LogP contribution < -0.4 is 14.5 Å². The molecule has 1 N–H and O–H groups in total. The summed E-state index contributed by atoms with van der Waals surface area (Å²) in [5.41, 5.74) is 1.22. The number of hydrogen-bond acceptors (Lipinski definition) is 4. The normalized spacial score (nSPS) is 10.7. The van der Waals surface area contributed by atoms with Crippen LogP contribution in [0, 0.1) is 0 Å². The molecule has 0 aliphatic carbocycles. The van der Waals surface area contributed by atoms with E-state index in [9.17, 15) is 0 Å². The monoisotopic (exact) mass is 287 g/mol. The standard InChI is InChI=1S/C16H22N4O/c1-19(2)11-12-20(16-17-9-4-10-18-16)13-14-5-7-15(21-3)8-6-14/h4-10H,11-13H2,1-3H3/p+1. The molecule has 0 atom stereocenters. The number of anilines is 1. The van der Waals surface area contributed by atoms with Gasteiger partial charge in [-0.15, -0.1) is 0 Å². The van der Waals surface area contributed by atoms with Gasteiger partial charge in [0, 0.05) is 18.9 Å². The van der Waals surface area contributed by atoms with Gasteiger partial charge < -0.3 is 14.5 Å². The highest BCUT2D eigenvalue weighted by Gasteiger charge is 2.11. The summed E-state index contributed by atoms with van der Waals surface area (Å²) in [5.74, 6) is 1.65. The third-order valence-electron chi connectivity index (χ3n) is 3.25. The molecule has 5 nitrogen and oxygen atoms in total. The van der Waals surface area contributed by atoms with E-state index in [0.29, 0.717) is 0 Å². The van der Waals surface area contributed by atoms with Gasteiger partial charge in [-0.2, -0.15) is 0 Å². The van der Waals surface area contributed by atoms with E-state index in [1.54, 1.807) is 19.5 Å². The minimum Gasteiger partial charge on any atom is -0.497 e. The van der Waals surface area contributed by atoms with Gasteiger partial charge in [-0.1, -0.05) is 12.1 Å². The van der Waals surface area contributed by atoms with Crippen molar-refractivity contribution in [1.82, 2.24) is 9.97 Å². The van der Waals surface area contributed by atoms with Gasteiger partial charge in [0.15, 0.2) is 0 Å². The number of methoxy groups -OCH3 is 1. The SMILES string of the molecule is COc1ccc(CN(CC[NH+](C)C)c2ncccn2)cc1. The highest BCUT2D eigenvalue weighted by atomic mass is 16.5. The van der Waals surface area contributed by atoms with Crippen molar-refractivity contribution < 1.29 is 9.64 Å². The maximum atomic E-state index is 5.20. The van der Waals surface area contributed by atoms with Crippen LogP contribution in [0.2, 0.25) is 0 Å². The quantitative estimate of drug-likeness (QED) is 0.811. The lowest BCUT2D eigenvalue weighted by Gasteiger charge is -2.23. The van der Waals surface area contributed by atoms with E-state index in [2.05, 4.69) is 41.1 Å². The zero-order chi connectivity index (χ0) is 15.1. The van der Waals surface area contributed by atoms with Crippen molar-refractivity contribution in [3.05, 3.63) is 48.3 Å². The summed E-state index contributed by atoms with van der Waals surface area (Å²) in [4.78, 5) is 12.3. The molecule has 0 unspecified atom stereocenters. The number of ether oxygens (including phenoxy) is 1. The molecular formula is C16H23N4O+. The predicted octanol–water partition coefficient (Wildman–Crippen LogP) is 0.636. The molecule has 0 saturated heterocycles. The predicted molar refractivity (Wildman–Crippen MR) is 83.8 cm³/mol. The molecule has 2 rings (SSSR count). The Labute approximate surface area is 126 Å². The zero-order valence-electron chi connectivity index (χ0n) is 12.9. The van der Waals surface area contributed by atoms with Gasteiger partial charge in [0.05, 0.1) is 34.3 Å². The van der Waals surface area contributed by atoms with Crippen molar-refractivity contribution >= 4 is 5.95 Å². The number of rotatable bonds is 7. The first-order valence-corrected chi connectivity index (χ1v) is 7.13. The Balaban J connectivity index is 2.10. The molecule has 1 heterocycles. The number of quaternary nitrogens is 1. The first kappa shape index (κ1) is 15.3. The summed E-state index contributed by atoms with van der Waals surface area (Å²) in [6, 6.07) is 9.97. The number of nitrogens with zero attached hydrogens (tertiary/aromatic N) is 3. The largest absolute Gasteiger partial charge is 0.497 e. The second-order valence-electron chi connectivity index (χ2n) is 5.28. The van der Waals surface area contributed by atoms with Gasteiger partial charge in [-0.3, -0.25) is 0 Å². The number of likely N-dealkylation sites (N-methyl/N-ethyl adjacent to an activating group) is 1.